The van der Waals surface area contributed by atoms with E-state index in [4.69, 9.17) is 15.9 Å². The number of aldehydes is 1. The molecule has 3 heteroatoms. The van der Waals surface area contributed by atoms with Gasteiger partial charge >= 0.3 is 0 Å². The molecule has 0 saturated carbocycles. The summed E-state index contributed by atoms with van der Waals surface area (Å²) in [5.41, 5.74) is 0.515. The van der Waals surface area contributed by atoms with Crippen LogP contribution in [0, 0.1) is 12.5 Å². The van der Waals surface area contributed by atoms with Crippen molar-refractivity contribution in [3.8, 4) is 24.0 Å². The standard InChI is InChI=1S/C10H8O3/c1-3-13-9-5-4-8(7-11)6-10(9)12-2/h1,4-7H,2H3. The quantitative estimate of drug-likeness (QED) is 0.517. The fourth-order valence-corrected chi connectivity index (χ4v) is 0.905. The molecule has 0 spiro atoms. The lowest BCUT2D eigenvalue weighted by atomic mass is 10.2. The first kappa shape index (κ1) is 9.14. The monoisotopic (exact) mass is 176 g/mol. The van der Waals surface area contributed by atoms with Crippen LogP contribution in [0.4, 0.5) is 0 Å². The van der Waals surface area contributed by atoms with Gasteiger partial charge in [0.1, 0.15) is 12.4 Å². The summed E-state index contributed by atoms with van der Waals surface area (Å²) >= 11 is 0. The topological polar surface area (TPSA) is 35.5 Å². The summed E-state index contributed by atoms with van der Waals surface area (Å²) in [6, 6.07) is 4.74. The van der Waals surface area contributed by atoms with Crippen molar-refractivity contribution in [1.29, 1.82) is 0 Å². The third kappa shape index (κ3) is 2.00. The fraction of sp³-hybridized carbons (Fsp3) is 0.100. The highest BCUT2D eigenvalue weighted by Crippen LogP contribution is 2.27. The molecule has 0 aromatic heterocycles. The van der Waals surface area contributed by atoms with Crippen LogP contribution in [0.2, 0.25) is 0 Å². The third-order valence-electron chi connectivity index (χ3n) is 1.49. The molecule has 0 unspecified atom stereocenters. The molecule has 0 saturated heterocycles. The SMILES string of the molecule is C#COc1ccc(C=O)cc1OC. The van der Waals surface area contributed by atoms with E-state index in [0.29, 0.717) is 17.1 Å². The van der Waals surface area contributed by atoms with Gasteiger partial charge in [-0.05, 0) is 18.2 Å². The van der Waals surface area contributed by atoms with Gasteiger partial charge in [-0.2, -0.15) is 0 Å². The zero-order chi connectivity index (χ0) is 9.68. The van der Waals surface area contributed by atoms with E-state index in [1.807, 2.05) is 6.11 Å². The van der Waals surface area contributed by atoms with Gasteiger partial charge in [-0.1, -0.05) is 6.42 Å². The number of rotatable bonds is 3. The Hall–Kier alpha value is -1.95. The van der Waals surface area contributed by atoms with E-state index in [9.17, 15) is 4.79 Å². The molecule has 3 nitrogen and oxygen atoms in total. The van der Waals surface area contributed by atoms with Crippen molar-refractivity contribution >= 4 is 6.29 Å². The normalized spacial score (nSPS) is 8.62. The Labute approximate surface area is 76.3 Å². The van der Waals surface area contributed by atoms with Gasteiger partial charge < -0.3 is 9.47 Å². The number of carbonyl (C=O) groups excluding carboxylic acids is 1. The lowest BCUT2D eigenvalue weighted by Gasteiger charge is -2.05. The van der Waals surface area contributed by atoms with E-state index in [-0.39, 0.29) is 0 Å². The smallest absolute Gasteiger partial charge is 0.182 e. The van der Waals surface area contributed by atoms with Crippen molar-refractivity contribution < 1.29 is 14.3 Å². The van der Waals surface area contributed by atoms with E-state index in [1.165, 1.54) is 7.11 Å². The number of hydrogen-bond acceptors (Lipinski definition) is 3. The van der Waals surface area contributed by atoms with Crippen LogP contribution in [0.25, 0.3) is 0 Å². The minimum atomic E-state index is 0.426. The van der Waals surface area contributed by atoms with Gasteiger partial charge in [0.2, 0.25) is 0 Å². The number of ether oxygens (including phenoxy) is 2. The largest absolute Gasteiger partial charge is 0.493 e. The van der Waals surface area contributed by atoms with Crippen LogP contribution in [0.3, 0.4) is 0 Å². The number of terminal acetylenes is 1. The number of hydrogen-bond donors (Lipinski definition) is 0. The van der Waals surface area contributed by atoms with E-state index in [0.717, 1.165) is 6.29 Å². The summed E-state index contributed by atoms with van der Waals surface area (Å²) in [7, 11) is 1.48. The van der Waals surface area contributed by atoms with E-state index < -0.39 is 0 Å². The van der Waals surface area contributed by atoms with Crippen molar-refractivity contribution in [2.24, 2.45) is 0 Å². The zero-order valence-electron chi connectivity index (χ0n) is 7.11. The van der Waals surface area contributed by atoms with Gasteiger partial charge in [0.25, 0.3) is 0 Å². The summed E-state index contributed by atoms with van der Waals surface area (Å²) in [6.07, 6.45) is 7.71. The highest BCUT2D eigenvalue weighted by atomic mass is 16.5. The molecule has 0 amide bonds. The summed E-state index contributed by atoms with van der Waals surface area (Å²) in [5.74, 6) is 0.873. The summed E-state index contributed by atoms with van der Waals surface area (Å²) in [5, 5.41) is 0. The van der Waals surface area contributed by atoms with Gasteiger partial charge in [0.05, 0.1) is 7.11 Å². The molecule has 0 fully saturated rings. The van der Waals surface area contributed by atoms with Crippen LogP contribution < -0.4 is 9.47 Å². The van der Waals surface area contributed by atoms with E-state index >= 15 is 0 Å². The van der Waals surface area contributed by atoms with Crippen molar-refractivity contribution in [2.75, 3.05) is 7.11 Å². The Balaban J connectivity index is 3.09. The predicted octanol–water partition coefficient (Wildman–Crippen LogP) is 1.48. The number of methoxy groups -OCH3 is 1. The molecule has 1 aromatic rings. The van der Waals surface area contributed by atoms with Gasteiger partial charge in [0.15, 0.2) is 11.5 Å². The molecular weight excluding hydrogens is 168 g/mol. The molecule has 1 rings (SSSR count). The second-order valence-electron chi connectivity index (χ2n) is 2.25. The first-order valence-electron chi connectivity index (χ1n) is 3.57. The maximum Gasteiger partial charge on any atom is 0.182 e. The zero-order valence-corrected chi connectivity index (χ0v) is 7.11. The molecule has 0 bridgehead atoms. The molecule has 1 aromatic carbocycles. The summed E-state index contributed by atoms with van der Waals surface area (Å²) < 4.78 is 9.78. The second kappa shape index (κ2) is 4.17. The fourth-order valence-electron chi connectivity index (χ4n) is 0.905. The molecule has 0 aliphatic heterocycles. The van der Waals surface area contributed by atoms with Crippen LogP contribution in [-0.4, -0.2) is 13.4 Å². The molecule has 66 valence electrons. The summed E-state index contributed by atoms with van der Waals surface area (Å²) in [4.78, 5) is 10.4. The van der Waals surface area contributed by atoms with E-state index in [1.54, 1.807) is 18.2 Å². The molecular formula is C10H8O3. The Bertz CT molecular complexity index is 350. The van der Waals surface area contributed by atoms with Crippen LogP contribution in [0.15, 0.2) is 18.2 Å². The molecule has 0 aliphatic rings. The van der Waals surface area contributed by atoms with E-state index in [2.05, 4.69) is 0 Å². The van der Waals surface area contributed by atoms with Crippen molar-refractivity contribution in [3.05, 3.63) is 23.8 Å². The van der Waals surface area contributed by atoms with Crippen molar-refractivity contribution in [3.63, 3.8) is 0 Å². The van der Waals surface area contributed by atoms with Gasteiger partial charge in [-0.25, -0.2) is 0 Å². The lowest BCUT2D eigenvalue weighted by Crippen LogP contribution is -1.91. The molecule has 13 heavy (non-hydrogen) atoms. The third-order valence-corrected chi connectivity index (χ3v) is 1.49. The van der Waals surface area contributed by atoms with Gasteiger partial charge in [-0.3, -0.25) is 4.79 Å². The summed E-state index contributed by atoms with van der Waals surface area (Å²) in [6.45, 7) is 0. The molecule has 0 N–H and O–H groups in total. The highest BCUT2D eigenvalue weighted by molar-refractivity contribution is 5.76. The minimum absolute atomic E-state index is 0.426. The Morgan fingerprint density at radius 1 is 1.46 bits per heavy atom. The minimum Gasteiger partial charge on any atom is -0.493 e. The molecule has 0 heterocycles. The van der Waals surface area contributed by atoms with Gasteiger partial charge in [-0.15, -0.1) is 0 Å². The highest BCUT2D eigenvalue weighted by Gasteiger charge is 2.04. The first-order chi connectivity index (χ1) is 6.31. The second-order valence-corrected chi connectivity index (χ2v) is 2.25. The predicted molar refractivity (Wildman–Crippen MR) is 47.8 cm³/mol. The average Bonchev–Trinajstić information content (AvgIpc) is 2.19. The Kier molecular flexibility index (Phi) is 2.93. The van der Waals surface area contributed by atoms with Crippen LogP contribution >= 0.6 is 0 Å². The van der Waals surface area contributed by atoms with Crippen LogP contribution in [-0.2, 0) is 0 Å². The Morgan fingerprint density at radius 2 is 2.23 bits per heavy atom. The average molecular weight is 176 g/mol. The maximum atomic E-state index is 10.4. The molecule has 0 aliphatic carbocycles. The van der Waals surface area contributed by atoms with Gasteiger partial charge in [0, 0.05) is 5.56 Å². The Morgan fingerprint density at radius 3 is 2.77 bits per heavy atom. The number of carbonyl (C=O) groups is 1. The van der Waals surface area contributed by atoms with Crippen LogP contribution in [0.1, 0.15) is 10.4 Å². The molecule has 0 radical (unpaired) electrons. The lowest BCUT2D eigenvalue weighted by molar-refractivity contribution is 0.112. The first-order valence-corrected chi connectivity index (χ1v) is 3.57. The van der Waals surface area contributed by atoms with Crippen molar-refractivity contribution in [2.45, 2.75) is 0 Å². The van der Waals surface area contributed by atoms with Crippen LogP contribution in [0.5, 0.6) is 11.5 Å². The molecule has 0 atom stereocenters. The van der Waals surface area contributed by atoms with Crippen molar-refractivity contribution in [1.82, 2.24) is 0 Å². The maximum absolute atomic E-state index is 10.4. The number of benzene rings is 1.